The molecule has 1 rings (SSSR count). The topological polar surface area (TPSA) is 88.3 Å². The van der Waals surface area contributed by atoms with E-state index in [1.807, 2.05) is 14.1 Å². The highest BCUT2D eigenvalue weighted by Gasteiger charge is 2.14. The van der Waals surface area contributed by atoms with Crippen LogP contribution in [0.25, 0.3) is 0 Å². The number of nitrogens with two attached hydrogens (primary N) is 1. The van der Waals surface area contributed by atoms with Crippen LogP contribution >= 0.6 is 0 Å². The highest BCUT2D eigenvalue weighted by molar-refractivity contribution is 7.89. The molecule has 102 valence electrons. The fourth-order valence-corrected chi connectivity index (χ4v) is 2.38. The minimum atomic E-state index is -3.51. The molecule has 1 heterocycles. The molecule has 0 atom stereocenters. The number of nitrogen functional groups attached to an aromatic ring is 1. The average molecular weight is 272 g/mol. The molecule has 0 amide bonds. The number of rotatable bonds is 7. The molecule has 0 bridgehead atoms. The molecular formula is C11H20N4O2S. The largest absolute Gasteiger partial charge is 0.397 e. The standard InChI is InChI=1S/C11H20N4O2S/c1-15(2)8-4-3-7-14-18(16,17)11-6-5-10(12)9-13-11/h5-6,9,14H,3-4,7-8,12H2,1-2H3. The summed E-state index contributed by atoms with van der Waals surface area (Å²) in [5.41, 5.74) is 5.90. The van der Waals surface area contributed by atoms with Crippen molar-refractivity contribution in [2.75, 3.05) is 32.9 Å². The second-order valence-electron chi connectivity index (χ2n) is 4.34. The molecule has 0 aliphatic rings. The Labute approximate surface area is 108 Å². The van der Waals surface area contributed by atoms with E-state index >= 15 is 0 Å². The predicted molar refractivity (Wildman–Crippen MR) is 71.6 cm³/mol. The third kappa shape index (κ3) is 4.99. The number of hydrogen-bond donors (Lipinski definition) is 2. The Hall–Kier alpha value is -1.18. The van der Waals surface area contributed by atoms with E-state index in [0.29, 0.717) is 12.2 Å². The second kappa shape index (κ2) is 6.67. The first kappa shape index (κ1) is 14.9. The maximum Gasteiger partial charge on any atom is 0.258 e. The van der Waals surface area contributed by atoms with Gasteiger partial charge in [-0.15, -0.1) is 0 Å². The number of nitrogens with zero attached hydrogens (tertiary/aromatic N) is 2. The SMILES string of the molecule is CN(C)CCCCNS(=O)(=O)c1ccc(N)cn1. The Kier molecular flexibility index (Phi) is 5.52. The lowest BCUT2D eigenvalue weighted by atomic mass is 10.3. The summed E-state index contributed by atoms with van der Waals surface area (Å²) in [7, 11) is 0.469. The Bertz CT molecular complexity index is 456. The van der Waals surface area contributed by atoms with Crippen LogP contribution in [0.5, 0.6) is 0 Å². The van der Waals surface area contributed by atoms with E-state index in [0.717, 1.165) is 19.4 Å². The molecule has 0 aliphatic heterocycles. The second-order valence-corrected chi connectivity index (χ2v) is 6.05. The third-order valence-electron chi connectivity index (χ3n) is 2.36. The van der Waals surface area contributed by atoms with Crippen LogP contribution in [0, 0.1) is 0 Å². The van der Waals surface area contributed by atoms with Crippen molar-refractivity contribution in [3.63, 3.8) is 0 Å². The number of pyridine rings is 1. The van der Waals surface area contributed by atoms with E-state index in [1.54, 1.807) is 0 Å². The normalized spacial score (nSPS) is 11.9. The van der Waals surface area contributed by atoms with Crippen molar-refractivity contribution in [2.24, 2.45) is 0 Å². The van der Waals surface area contributed by atoms with Crippen LogP contribution in [0.3, 0.4) is 0 Å². The zero-order valence-electron chi connectivity index (χ0n) is 10.8. The summed E-state index contributed by atoms with van der Waals surface area (Å²) < 4.78 is 26.2. The Balaban J connectivity index is 2.43. The van der Waals surface area contributed by atoms with Crippen LogP contribution in [0.1, 0.15) is 12.8 Å². The molecule has 3 N–H and O–H groups in total. The van der Waals surface area contributed by atoms with Gasteiger partial charge in [-0.25, -0.2) is 18.1 Å². The molecule has 0 spiro atoms. The predicted octanol–water partition coefficient (Wildman–Crippen LogP) is 0.284. The zero-order chi connectivity index (χ0) is 13.6. The van der Waals surface area contributed by atoms with Crippen LogP contribution < -0.4 is 10.5 Å². The molecule has 0 aromatic carbocycles. The monoisotopic (exact) mass is 272 g/mol. The van der Waals surface area contributed by atoms with E-state index in [4.69, 9.17) is 5.73 Å². The summed E-state index contributed by atoms with van der Waals surface area (Å²) in [5.74, 6) is 0. The maximum atomic E-state index is 11.8. The van der Waals surface area contributed by atoms with E-state index in [1.165, 1.54) is 18.3 Å². The number of hydrogen-bond acceptors (Lipinski definition) is 5. The molecule has 0 saturated carbocycles. The molecule has 0 radical (unpaired) electrons. The fraction of sp³-hybridized carbons (Fsp3) is 0.545. The quantitative estimate of drug-likeness (QED) is 0.696. The summed E-state index contributed by atoms with van der Waals surface area (Å²) in [6, 6.07) is 2.92. The molecule has 0 aliphatic carbocycles. The van der Waals surface area contributed by atoms with E-state index < -0.39 is 10.0 Å². The van der Waals surface area contributed by atoms with Crippen molar-refractivity contribution in [1.82, 2.24) is 14.6 Å². The molecule has 1 aromatic rings. The summed E-state index contributed by atoms with van der Waals surface area (Å²) in [6.07, 6.45) is 3.08. The summed E-state index contributed by atoms with van der Waals surface area (Å²) in [4.78, 5) is 5.86. The average Bonchev–Trinajstić information content (AvgIpc) is 2.28. The molecule has 0 unspecified atom stereocenters. The van der Waals surface area contributed by atoms with Crippen LogP contribution in [-0.2, 0) is 10.0 Å². The molecule has 0 saturated heterocycles. The van der Waals surface area contributed by atoms with Gasteiger partial charge in [0.2, 0.25) is 0 Å². The number of aromatic nitrogens is 1. The summed E-state index contributed by atoms with van der Waals surface area (Å²) >= 11 is 0. The van der Waals surface area contributed by atoms with E-state index in [2.05, 4.69) is 14.6 Å². The first-order valence-corrected chi connectivity index (χ1v) is 7.26. The summed E-state index contributed by atoms with van der Waals surface area (Å²) in [5, 5.41) is 0.00399. The number of anilines is 1. The first-order chi connectivity index (χ1) is 8.42. The van der Waals surface area contributed by atoms with Crippen molar-refractivity contribution < 1.29 is 8.42 Å². The van der Waals surface area contributed by atoms with Gasteiger partial charge in [0, 0.05) is 6.54 Å². The zero-order valence-corrected chi connectivity index (χ0v) is 11.6. The van der Waals surface area contributed by atoms with Gasteiger partial charge in [0.1, 0.15) is 0 Å². The molecule has 7 heteroatoms. The lowest BCUT2D eigenvalue weighted by molar-refractivity contribution is 0.394. The Morgan fingerprint density at radius 3 is 2.61 bits per heavy atom. The lowest BCUT2D eigenvalue weighted by Crippen LogP contribution is -2.26. The van der Waals surface area contributed by atoms with Crippen molar-refractivity contribution in [2.45, 2.75) is 17.9 Å². The van der Waals surface area contributed by atoms with Gasteiger partial charge in [-0.3, -0.25) is 0 Å². The summed E-state index contributed by atoms with van der Waals surface area (Å²) in [6.45, 7) is 1.37. The number of sulfonamides is 1. The molecule has 6 nitrogen and oxygen atoms in total. The van der Waals surface area contributed by atoms with Crippen LogP contribution in [0.2, 0.25) is 0 Å². The number of nitrogens with one attached hydrogen (secondary N) is 1. The van der Waals surface area contributed by atoms with Gasteiger partial charge < -0.3 is 10.6 Å². The van der Waals surface area contributed by atoms with Crippen LogP contribution in [-0.4, -0.2) is 45.5 Å². The van der Waals surface area contributed by atoms with E-state index in [9.17, 15) is 8.42 Å². The van der Waals surface area contributed by atoms with Crippen molar-refractivity contribution in [3.05, 3.63) is 18.3 Å². The lowest BCUT2D eigenvalue weighted by Gasteiger charge is -2.09. The van der Waals surface area contributed by atoms with Gasteiger partial charge in [-0.2, -0.15) is 0 Å². The molecule has 0 fully saturated rings. The van der Waals surface area contributed by atoms with Crippen molar-refractivity contribution in [1.29, 1.82) is 0 Å². The van der Waals surface area contributed by atoms with Crippen LogP contribution in [0.4, 0.5) is 5.69 Å². The third-order valence-corrected chi connectivity index (χ3v) is 3.74. The molecular weight excluding hydrogens is 252 g/mol. The van der Waals surface area contributed by atoms with Gasteiger partial charge in [-0.05, 0) is 45.6 Å². The molecule has 18 heavy (non-hydrogen) atoms. The van der Waals surface area contributed by atoms with Gasteiger partial charge in [0.15, 0.2) is 5.03 Å². The number of unbranched alkanes of at least 4 members (excludes halogenated alkanes) is 1. The van der Waals surface area contributed by atoms with Gasteiger partial charge in [-0.1, -0.05) is 0 Å². The maximum absolute atomic E-state index is 11.8. The van der Waals surface area contributed by atoms with E-state index in [-0.39, 0.29) is 5.03 Å². The van der Waals surface area contributed by atoms with Gasteiger partial charge >= 0.3 is 0 Å². The fourth-order valence-electron chi connectivity index (χ4n) is 1.38. The van der Waals surface area contributed by atoms with Gasteiger partial charge in [0.25, 0.3) is 10.0 Å². The highest BCUT2D eigenvalue weighted by atomic mass is 32.2. The Morgan fingerprint density at radius 2 is 2.06 bits per heavy atom. The molecule has 1 aromatic heterocycles. The van der Waals surface area contributed by atoms with Crippen LogP contribution in [0.15, 0.2) is 23.4 Å². The highest BCUT2D eigenvalue weighted by Crippen LogP contribution is 2.07. The first-order valence-electron chi connectivity index (χ1n) is 5.78. The Morgan fingerprint density at radius 1 is 1.33 bits per heavy atom. The minimum absolute atomic E-state index is 0.00399. The van der Waals surface area contributed by atoms with Crippen molar-refractivity contribution in [3.8, 4) is 0 Å². The smallest absolute Gasteiger partial charge is 0.258 e. The van der Waals surface area contributed by atoms with Crippen molar-refractivity contribution >= 4 is 15.7 Å². The van der Waals surface area contributed by atoms with Gasteiger partial charge in [0.05, 0.1) is 11.9 Å². The minimum Gasteiger partial charge on any atom is -0.397 e.